The van der Waals surface area contributed by atoms with Gasteiger partial charge in [-0.05, 0) is 60.7 Å². The maximum absolute atomic E-state index is 12.2. The molecule has 136 valence electrons. The number of esters is 1. The molecule has 0 aliphatic heterocycles. The second kappa shape index (κ2) is 7.59. The molecule has 1 amide bonds. The zero-order valence-electron chi connectivity index (χ0n) is 14.3. The molecule has 0 spiro atoms. The number of rotatable bonds is 6. The molecule has 1 saturated carbocycles. The fraction of sp³-hybridized carbons (Fsp3) is 0.150. The highest BCUT2D eigenvalue weighted by atomic mass is 32.1. The summed E-state index contributed by atoms with van der Waals surface area (Å²) in [6.45, 7) is 0. The number of carbonyl (C=O) groups excluding carboxylic acids is 2. The maximum Gasteiger partial charge on any atom is 0.345 e. The van der Waals surface area contributed by atoms with Crippen molar-refractivity contribution in [1.82, 2.24) is 4.98 Å². The number of pyridine rings is 1. The van der Waals surface area contributed by atoms with Crippen LogP contribution < -0.4 is 15.4 Å². The van der Waals surface area contributed by atoms with Crippen LogP contribution in [0.25, 0.3) is 0 Å². The van der Waals surface area contributed by atoms with Crippen LogP contribution in [-0.2, 0) is 0 Å². The fourth-order valence-electron chi connectivity index (χ4n) is 2.41. The largest absolute Gasteiger partial charge is 0.423 e. The van der Waals surface area contributed by atoms with Crippen molar-refractivity contribution in [1.29, 1.82) is 0 Å². The first-order valence-corrected chi connectivity index (χ1v) is 9.45. The van der Waals surface area contributed by atoms with Crippen LogP contribution in [0.5, 0.6) is 5.75 Å². The molecule has 2 heterocycles. The highest BCUT2D eigenvalue weighted by molar-refractivity contribution is 7.12. The van der Waals surface area contributed by atoms with Gasteiger partial charge in [-0.25, -0.2) is 9.78 Å². The van der Waals surface area contributed by atoms with E-state index in [1.165, 1.54) is 17.5 Å². The van der Waals surface area contributed by atoms with Gasteiger partial charge in [-0.15, -0.1) is 11.3 Å². The molecule has 4 rings (SSSR count). The first-order valence-electron chi connectivity index (χ1n) is 8.57. The SMILES string of the molecule is O=C(Oc1ccc(NC(=O)c2cccs2)cc1)c1ccc(NC2CC2)nc1. The third-order valence-electron chi connectivity index (χ3n) is 4.00. The zero-order chi connectivity index (χ0) is 18.6. The maximum atomic E-state index is 12.2. The summed E-state index contributed by atoms with van der Waals surface area (Å²) < 4.78 is 5.36. The van der Waals surface area contributed by atoms with Gasteiger partial charge in [0.25, 0.3) is 5.91 Å². The van der Waals surface area contributed by atoms with E-state index in [2.05, 4.69) is 15.6 Å². The summed E-state index contributed by atoms with van der Waals surface area (Å²) >= 11 is 1.38. The summed E-state index contributed by atoms with van der Waals surface area (Å²) in [5.41, 5.74) is 1.01. The highest BCUT2D eigenvalue weighted by Crippen LogP contribution is 2.24. The Morgan fingerprint density at radius 1 is 1.07 bits per heavy atom. The van der Waals surface area contributed by atoms with E-state index in [9.17, 15) is 9.59 Å². The quantitative estimate of drug-likeness (QED) is 0.496. The molecular formula is C20H17N3O3S. The third kappa shape index (κ3) is 4.51. The summed E-state index contributed by atoms with van der Waals surface area (Å²) in [5, 5.41) is 7.91. The van der Waals surface area contributed by atoms with Crippen LogP contribution >= 0.6 is 11.3 Å². The van der Waals surface area contributed by atoms with Crippen molar-refractivity contribution in [3.05, 3.63) is 70.5 Å². The van der Waals surface area contributed by atoms with Gasteiger partial charge in [-0.3, -0.25) is 4.79 Å². The standard InChI is InChI=1S/C20H17N3O3S/c24-19(17-2-1-11-27-17)23-15-6-8-16(9-7-15)26-20(25)13-3-10-18(21-12-13)22-14-4-5-14/h1-3,6-12,14H,4-5H2,(H,21,22)(H,23,24). The number of ether oxygens (including phenoxy) is 1. The minimum absolute atomic E-state index is 0.166. The van der Waals surface area contributed by atoms with Crippen molar-refractivity contribution in [3.63, 3.8) is 0 Å². The van der Waals surface area contributed by atoms with Gasteiger partial charge < -0.3 is 15.4 Å². The Hall–Kier alpha value is -3.19. The highest BCUT2D eigenvalue weighted by Gasteiger charge is 2.21. The van der Waals surface area contributed by atoms with Gasteiger partial charge in [-0.1, -0.05) is 6.07 Å². The number of hydrogen-bond acceptors (Lipinski definition) is 6. The van der Waals surface area contributed by atoms with E-state index in [1.54, 1.807) is 42.5 Å². The Balaban J connectivity index is 1.34. The fourth-order valence-corrected chi connectivity index (χ4v) is 3.03. The number of amides is 1. The lowest BCUT2D eigenvalue weighted by Crippen LogP contribution is -2.11. The minimum Gasteiger partial charge on any atom is -0.423 e. The van der Waals surface area contributed by atoms with E-state index in [-0.39, 0.29) is 5.91 Å². The number of benzene rings is 1. The lowest BCUT2D eigenvalue weighted by Gasteiger charge is -2.07. The third-order valence-corrected chi connectivity index (χ3v) is 4.86. The first kappa shape index (κ1) is 17.2. The molecule has 0 bridgehead atoms. The van der Waals surface area contributed by atoms with Crippen LogP contribution in [-0.4, -0.2) is 22.9 Å². The number of carbonyl (C=O) groups is 2. The Labute approximate surface area is 160 Å². The van der Waals surface area contributed by atoms with Crippen molar-refractivity contribution in [2.24, 2.45) is 0 Å². The van der Waals surface area contributed by atoms with Gasteiger partial charge in [0, 0.05) is 17.9 Å². The van der Waals surface area contributed by atoms with Crippen molar-refractivity contribution in [2.75, 3.05) is 10.6 Å². The number of aromatic nitrogens is 1. The smallest absolute Gasteiger partial charge is 0.345 e. The molecule has 0 saturated heterocycles. The summed E-state index contributed by atoms with van der Waals surface area (Å²) in [6, 6.07) is 14.2. The Kier molecular flexibility index (Phi) is 4.84. The van der Waals surface area contributed by atoms with Crippen molar-refractivity contribution in [3.8, 4) is 5.75 Å². The number of nitrogens with one attached hydrogen (secondary N) is 2. The average molecular weight is 379 g/mol. The molecule has 3 aromatic rings. The number of nitrogens with zero attached hydrogens (tertiary/aromatic N) is 1. The van der Waals surface area contributed by atoms with Crippen LogP contribution in [0.15, 0.2) is 60.1 Å². The van der Waals surface area contributed by atoms with E-state index >= 15 is 0 Å². The van der Waals surface area contributed by atoms with Crippen LogP contribution in [0, 0.1) is 0 Å². The lowest BCUT2D eigenvalue weighted by atomic mass is 10.2. The summed E-state index contributed by atoms with van der Waals surface area (Å²) in [6.07, 6.45) is 3.83. The predicted octanol–water partition coefficient (Wildman–Crippen LogP) is 4.19. The second-order valence-electron chi connectivity index (χ2n) is 6.20. The molecule has 0 atom stereocenters. The van der Waals surface area contributed by atoms with Crippen LogP contribution in [0.2, 0.25) is 0 Å². The second-order valence-corrected chi connectivity index (χ2v) is 7.14. The molecule has 1 aliphatic carbocycles. The molecule has 7 heteroatoms. The van der Waals surface area contributed by atoms with Crippen molar-refractivity contribution in [2.45, 2.75) is 18.9 Å². The van der Waals surface area contributed by atoms with Crippen LogP contribution in [0.1, 0.15) is 32.9 Å². The van der Waals surface area contributed by atoms with E-state index in [0.717, 1.165) is 18.7 Å². The van der Waals surface area contributed by atoms with Crippen molar-refractivity contribution >= 4 is 34.7 Å². The van der Waals surface area contributed by atoms with Gasteiger partial charge in [0.05, 0.1) is 10.4 Å². The lowest BCUT2D eigenvalue weighted by molar-refractivity contribution is 0.0734. The molecule has 0 unspecified atom stereocenters. The molecule has 1 fully saturated rings. The van der Waals surface area contributed by atoms with Crippen molar-refractivity contribution < 1.29 is 14.3 Å². The predicted molar refractivity (Wildman–Crippen MR) is 105 cm³/mol. The summed E-state index contributed by atoms with van der Waals surface area (Å²) in [7, 11) is 0. The normalized spacial score (nSPS) is 13.0. The van der Waals surface area contributed by atoms with Gasteiger partial charge in [0.1, 0.15) is 11.6 Å². The number of thiophene rings is 1. The molecule has 6 nitrogen and oxygen atoms in total. The van der Waals surface area contributed by atoms with E-state index in [4.69, 9.17) is 4.74 Å². The monoisotopic (exact) mass is 379 g/mol. The topological polar surface area (TPSA) is 80.3 Å². The summed E-state index contributed by atoms with van der Waals surface area (Å²) in [4.78, 5) is 29.1. The first-order chi connectivity index (χ1) is 13.2. The van der Waals surface area contributed by atoms with Gasteiger partial charge in [0.2, 0.25) is 0 Å². The van der Waals surface area contributed by atoms with E-state index in [0.29, 0.717) is 27.9 Å². The average Bonchev–Trinajstić information content (AvgIpc) is 3.32. The van der Waals surface area contributed by atoms with Crippen LogP contribution in [0.3, 0.4) is 0 Å². The molecule has 0 radical (unpaired) electrons. The van der Waals surface area contributed by atoms with Gasteiger partial charge in [0.15, 0.2) is 0 Å². The van der Waals surface area contributed by atoms with E-state index in [1.807, 2.05) is 11.4 Å². The Morgan fingerprint density at radius 3 is 2.52 bits per heavy atom. The number of hydrogen-bond donors (Lipinski definition) is 2. The van der Waals surface area contributed by atoms with Crippen LogP contribution in [0.4, 0.5) is 11.5 Å². The Bertz CT molecular complexity index is 934. The molecule has 1 aliphatic rings. The Morgan fingerprint density at radius 2 is 1.89 bits per heavy atom. The molecular weight excluding hydrogens is 362 g/mol. The molecule has 1 aromatic carbocycles. The molecule has 27 heavy (non-hydrogen) atoms. The summed E-state index contributed by atoms with van der Waals surface area (Å²) in [5.74, 6) is 0.519. The molecule has 2 N–H and O–H groups in total. The van der Waals surface area contributed by atoms with Gasteiger partial charge in [-0.2, -0.15) is 0 Å². The van der Waals surface area contributed by atoms with Gasteiger partial charge >= 0.3 is 5.97 Å². The zero-order valence-corrected chi connectivity index (χ0v) is 15.2. The van der Waals surface area contributed by atoms with E-state index < -0.39 is 5.97 Å². The molecule has 2 aromatic heterocycles. The number of anilines is 2. The minimum atomic E-state index is -0.476.